The van der Waals surface area contributed by atoms with Crippen molar-refractivity contribution >= 4 is 17.5 Å². The number of carbonyl (C=O) groups excluding carboxylic acids is 2. The zero-order valence-electron chi connectivity index (χ0n) is 12.1. The van der Waals surface area contributed by atoms with Crippen LogP contribution >= 0.6 is 0 Å². The second-order valence-corrected chi connectivity index (χ2v) is 5.02. The van der Waals surface area contributed by atoms with E-state index in [4.69, 9.17) is 0 Å². The number of hydrogen-bond acceptors (Lipinski definition) is 4. The van der Waals surface area contributed by atoms with E-state index < -0.39 is 17.4 Å². The van der Waals surface area contributed by atoms with Crippen LogP contribution in [0.1, 0.15) is 12.5 Å². The monoisotopic (exact) mass is 299 g/mol. The minimum Gasteiger partial charge on any atom is -0.384 e. The number of amides is 2. The molecule has 0 unspecified atom stereocenters. The van der Waals surface area contributed by atoms with Gasteiger partial charge in [-0.05, 0) is 24.6 Å². The Morgan fingerprint density at radius 2 is 1.86 bits per heavy atom. The number of carbonyl (C=O) groups is 2. The highest BCUT2D eigenvalue weighted by molar-refractivity contribution is 6.39. The smallest absolute Gasteiger partial charge is 0.313 e. The van der Waals surface area contributed by atoms with Gasteiger partial charge in [0.1, 0.15) is 5.60 Å². The third kappa shape index (κ3) is 4.13. The molecule has 22 heavy (non-hydrogen) atoms. The Balaban J connectivity index is 1.91. The number of benzene rings is 1. The SMILES string of the molecule is C[C@@](O)(CNC(=O)C(=O)Nc1cccnc1)c1ccccc1. The molecule has 114 valence electrons. The molecule has 1 atom stereocenters. The Kier molecular flexibility index (Phi) is 4.85. The lowest BCUT2D eigenvalue weighted by atomic mass is 9.96. The summed E-state index contributed by atoms with van der Waals surface area (Å²) < 4.78 is 0. The van der Waals surface area contributed by atoms with Crippen LogP contribution in [0.4, 0.5) is 5.69 Å². The van der Waals surface area contributed by atoms with Gasteiger partial charge >= 0.3 is 11.8 Å². The quantitative estimate of drug-likeness (QED) is 0.736. The maximum Gasteiger partial charge on any atom is 0.313 e. The summed E-state index contributed by atoms with van der Waals surface area (Å²) in [6, 6.07) is 12.2. The lowest BCUT2D eigenvalue weighted by Crippen LogP contribution is -2.43. The first-order valence-corrected chi connectivity index (χ1v) is 6.76. The van der Waals surface area contributed by atoms with Crippen molar-refractivity contribution < 1.29 is 14.7 Å². The maximum absolute atomic E-state index is 11.8. The summed E-state index contributed by atoms with van der Waals surface area (Å²) in [6.07, 6.45) is 3.00. The lowest BCUT2D eigenvalue weighted by molar-refractivity contribution is -0.136. The van der Waals surface area contributed by atoms with Gasteiger partial charge < -0.3 is 15.7 Å². The topological polar surface area (TPSA) is 91.3 Å². The molecule has 2 rings (SSSR count). The Bertz CT molecular complexity index is 642. The molecule has 6 heteroatoms. The molecule has 0 radical (unpaired) electrons. The number of hydrogen-bond donors (Lipinski definition) is 3. The molecule has 0 aliphatic carbocycles. The van der Waals surface area contributed by atoms with Crippen LogP contribution in [0.5, 0.6) is 0 Å². The summed E-state index contributed by atoms with van der Waals surface area (Å²) in [5.74, 6) is -1.63. The summed E-state index contributed by atoms with van der Waals surface area (Å²) in [7, 11) is 0. The van der Waals surface area contributed by atoms with Gasteiger partial charge in [-0.3, -0.25) is 14.6 Å². The van der Waals surface area contributed by atoms with Gasteiger partial charge in [-0.1, -0.05) is 30.3 Å². The number of aromatic nitrogens is 1. The Morgan fingerprint density at radius 3 is 2.50 bits per heavy atom. The summed E-state index contributed by atoms with van der Waals surface area (Å²) in [5, 5.41) is 15.2. The van der Waals surface area contributed by atoms with Crippen molar-refractivity contribution in [3.63, 3.8) is 0 Å². The second kappa shape index (κ2) is 6.82. The molecule has 0 fully saturated rings. The predicted octanol–water partition coefficient (Wildman–Crippen LogP) is 1.04. The van der Waals surface area contributed by atoms with Crippen LogP contribution in [0.3, 0.4) is 0 Å². The summed E-state index contributed by atoms with van der Waals surface area (Å²) in [5.41, 5.74) is -0.175. The Morgan fingerprint density at radius 1 is 1.14 bits per heavy atom. The van der Waals surface area contributed by atoms with Crippen LogP contribution in [0.15, 0.2) is 54.9 Å². The van der Waals surface area contributed by atoms with Gasteiger partial charge in [0.2, 0.25) is 0 Å². The summed E-state index contributed by atoms with van der Waals surface area (Å²) in [6.45, 7) is 1.50. The first-order valence-electron chi connectivity index (χ1n) is 6.76. The van der Waals surface area contributed by atoms with Crippen molar-refractivity contribution in [2.24, 2.45) is 0 Å². The van der Waals surface area contributed by atoms with Crippen LogP contribution in [-0.2, 0) is 15.2 Å². The van der Waals surface area contributed by atoms with Crippen LogP contribution in [0, 0.1) is 0 Å². The maximum atomic E-state index is 11.8. The molecule has 1 aromatic heterocycles. The number of pyridine rings is 1. The average molecular weight is 299 g/mol. The second-order valence-electron chi connectivity index (χ2n) is 5.02. The van der Waals surface area contributed by atoms with E-state index in [0.717, 1.165) is 0 Å². The van der Waals surface area contributed by atoms with Crippen molar-refractivity contribution in [2.45, 2.75) is 12.5 Å². The molecule has 2 aromatic rings. The molecule has 3 N–H and O–H groups in total. The number of nitrogens with one attached hydrogen (secondary N) is 2. The Hall–Kier alpha value is -2.73. The zero-order chi connectivity index (χ0) is 16.0. The largest absolute Gasteiger partial charge is 0.384 e. The van der Waals surface area contributed by atoms with Crippen LogP contribution < -0.4 is 10.6 Å². The third-order valence-electron chi connectivity index (χ3n) is 3.11. The average Bonchev–Trinajstić information content (AvgIpc) is 2.54. The zero-order valence-corrected chi connectivity index (χ0v) is 12.1. The van der Waals surface area contributed by atoms with Crippen molar-refractivity contribution in [2.75, 3.05) is 11.9 Å². The first-order chi connectivity index (χ1) is 10.5. The standard InChI is InChI=1S/C16H17N3O3/c1-16(22,12-6-3-2-4-7-12)11-18-14(20)15(21)19-13-8-5-9-17-10-13/h2-10,22H,11H2,1H3,(H,18,20)(H,19,21)/t16-/m1/s1. The van der Waals surface area contributed by atoms with Gasteiger partial charge in [0.15, 0.2) is 0 Å². The van der Waals surface area contributed by atoms with Crippen LogP contribution in [-0.4, -0.2) is 28.4 Å². The molecule has 2 amide bonds. The molecule has 0 aliphatic rings. The summed E-state index contributed by atoms with van der Waals surface area (Å²) in [4.78, 5) is 27.3. The molecule has 0 bridgehead atoms. The highest BCUT2D eigenvalue weighted by atomic mass is 16.3. The van der Waals surface area contributed by atoms with E-state index in [1.807, 2.05) is 6.07 Å². The van der Waals surface area contributed by atoms with Gasteiger partial charge in [0.05, 0.1) is 18.4 Å². The summed E-state index contributed by atoms with van der Waals surface area (Å²) >= 11 is 0. The van der Waals surface area contributed by atoms with E-state index in [2.05, 4.69) is 15.6 Å². The fourth-order valence-electron chi connectivity index (χ4n) is 1.86. The number of anilines is 1. The minimum atomic E-state index is -1.26. The molecular formula is C16H17N3O3. The predicted molar refractivity (Wildman–Crippen MR) is 81.9 cm³/mol. The van der Waals surface area contributed by atoms with Crippen molar-refractivity contribution in [1.82, 2.24) is 10.3 Å². The highest BCUT2D eigenvalue weighted by Crippen LogP contribution is 2.18. The number of nitrogens with zero attached hydrogens (tertiary/aromatic N) is 1. The molecular weight excluding hydrogens is 282 g/mol. The van der Waals surface area contributed by atoms with Gasteiger partial charge in [-0.15, -0.1) is 0 Å². The van der Waals surface area contributed by atoms with Gasteiger partial charge in [0.25, 0.3) is 0 Å². The van der Waals surface area contributed by atoms with Gasteiger partial charge in [-0.2, -0.15) is 0 Å². The fraction of sp³-hybridized carbons (Fsp3) is 0.188. The fourth-order valence-corrected chi connectivity index (χ4v) is 1.86. The molecule has 0 spiro atoms. The molecule has 0 aliphatic heterocycles. The van der Waals surface area contributed by atoms with Crippen molar-refractivity contribution in [3.05, 3.63) is 60.4 Å². The first kappa shape index (κ1) is 15.7. The number of aliphatic hydroxyl groups is 1. The van der Waals surface area contributed by atoms with Gasteiger partial charge in [-0.25, -0.2) is 0 Å². The third-order valence-corrected chi connectivity index (χ3v) is 3.11. The normalized spacial score (nSPS) is 13.0. The van der Waals surface area contributed by atoms with E-state index in [9.17, 15) is 14.7 Å². The lowest BCUT2D eigenvalue weighted by Gasteiger charge is -2.24. The van der Waals surface area contributed by atoms with E-state index >= 15 is 0 Å². The molecule has 0 saturated heterocycles. The Labute approximate surface area is 128 Å². The van der Waals surface area contributed by atoms with E-state index in [-0.39, 0.29) is 6.54 Å². The molecule has 6 nitrogen and oxygen atoms in total. The number of rotatable bonds is 4. The minimum absolute atomic E-state index is 0.0731. The van der Waals surface area contributed by atoms with Crippen LogP contribution in [0.25, 0.3) is 0 Å². The molecule has 0 saturated carbocycles. The molecule has 1 heterocycles. The van der Waals surface area contributed by atoms with E-state index in [0.29, 0.717) is 11.3 Å². The van der Waals surface area contributed by atoms with Crippen LogP contribution in [0.2, 0.25) is 0 Å². The van der Waals surface area contributed by atoms with E-state index in [1.54, 1.807) is 49.5 Å². The van der Waals surface area contributed by atoms with E-state index in [1.165, 1.54) is 6.20 Å². The highest BCUT2D eigenvalue weighted by Gasteiger charge is 2.25. The van der Waals surface area contributed by atoms with Gasteiger partial charge in [0, 0.05) is 6.20 Å². The van der Waals surface area contributed by atoms with Crippen molar-refractivity contribution in [1.29, 1.82) is 0 Å². The molecule has 1 aromatic carbocycles. The van der Waals surface area contributed by atoms with Crippen molar-refractivity contribution in [3.8, 4) is 0 Å².